The fraction of sp³-hybridized carbons (Fsp3) is 0.405. The zero-order chi connectivity index (χ0) is 34.1. The SMILES string of the molecule is C=C(c1cc(F)c2c(c1)C(=O)N([C@H](c1ccc(Cl)cc1)[C@H](C)C(=O)OCC[Si](C)(C)C)[C@@]2(OC)c1ccc(Cl)cc1)C1CCOCC1. The van der Waals surface area contributed by atoms with Gasteiger partial charge in [-0.05, 0) is 84.8 Å². The highest BCUT2D eigenvalue weighted by Gasteiger charge is 2.58. The summed E-state index contributed by atoms with van der Waals surface area (Å²) in [7, 11) is -0.0516. The Balaban J connectivity index is 1.69. The summed E-state index contributed by atoms with van der Waals surface area (Å²) in [5.74, 6) is -2.33. The molecule has 2 aliphatic rings. The summed E-state index contributed by atoms with van der Waals surface area (Å²) in [6.45, 7) is 14.1. The van der Waals surface area contributed by atoms with Gasteiger partial charge >= 0.3 is 5.97 Å². The van der Waals surface area contributed by atoms with Crippen LogP contribution in [0.1, 0.15) is 58.4 Å². The lowest BCUT2D eigenvalue weighted by molar-refractivity contribution is -0.155. The molecule has 1 amide bonds. The molecule has 3 aromatic rings. The predicted octanol–water partition coefficient (Wildman–Crippen LogP) is 9.13. The molecule has 0 radical (unpaired) electrons. The largest absolute Gasteiger partial charge is 0.466 e. The average Bonchev–Trinajstić information content (AvgIpc) is 3.30. The maximum Gasteiger partial charge on any atom is 0.311 e. The molecule has 5 rings (SSSR count). The van der Waals surface area contributed by atoms with E-state index in [-0.39, 0.29) is 23.7 Å². The molecular weight excluding hydrogens is 656 g/mol. The van der Waals surface area contributed by atoms with Crippen LogP contribution in [-0.2, 0) is 24.7 Å². The Hall–Kier alpha value is -3.01. The lowest BCUT2D eigenvalue weighted by Crippen LogP contribution is -2.51. The number of rotatable bonds is 11. The minimum absolute atomic E-state index is 0.0640. The molecule has 0 spiro atoms. The Morgan fingerprint density at radius 1 is 1.06 bits per heavy atom. The van der Waals surface area contributed by atoms with Gasteiger partial charge in [-0.2, -0.15) is 0 Å². The van der Waals surface area contributed by atoms with E-state index in [9.17, 15) is 9.59 Å². The number of hydrogen-bond acceptors (Lipinski definition) is 5. The highest BCUT2D eigenvalue weighted by Crippen LogP contribution is 2.52. The van der Waals surface area contributed by atoms with Gasteiger partial charge in [-0.15, -0.1) is 0 Å². The summed E-state index contributed by atoms with van der Waals surface area (Å²) in [6.07, 6.45) is 1.53. The smallest absolute Gasteiger partial charge is 0.311 e. The molecule has 0 unspecified atom stereocenters. The standard InChI is InChI=1S/C37H42Cl2FNO5Si/c1-23(25-15-17-45-18-16-25)27-21-31-33(32(40)22-27)37(44-3,28-9-13-30(39)14-10-28)41(35(31)42)34(26-7-11-29(38)12-8-26)24(2)36(43)46-19-20-47(4,5)6/h7-14,21-22,24-25,34H,1,15-20H2,2-6H3/t24-,34-,37+/m0/s1. The molecule has 0 aliphatic carbocycles. The van der Waals surface area contributed by atoms with Crippen LogP contribution in [0.15, 0.2) is 67.2 Å². The van der Waals surface area contributed by atoms with E-state index < -0.39 is 43.5 Å². The van der Waals surface area contributed by atoms with Crippen LogP contribution >= 0.6 is 23.2 Å². The first-order chi connectivity index (χ1) is 22.3. The fourth-order valence-electron chi connectivity index (χ4n) is 6.62. The third-order valence-electron chi connectivity index (χ3n) is 9.26. The monoisotopic (exact) mass is 697 g/mol. The first kappa shape index (κ1) is 35.3. The number of esters is 1. The molecular formula is C37H42Cl2FNO5Si. The third-order valence-corrected chi connectivity index (χ3v) is 11.5. The maximum absolute atomic E-state index is 16.8. The number of allylic oxidation sites excluding steroid dienone is 1. The quantitative estimate of drug-likeness (QED) is 0.148. The Kier molecular flexibility index (Phi) is 10.7. The second kappa shape index (κ2) is 14.2. The van der Waals surface area contributed by atoms with E-state index in [4.69, 9.17) is 37.4 Å². The van der Waals surface area contributed by atoms with Crippen molar-refractivity contribution in [2.75, 3.05) is 26.9 Å². The van der Waals surface area contributed by atoms with E-state index in [2.05, 4.69) is 26.2 Å². The molecule has 6 nitrogen and oxygen atoms in total. The van der Waals surface area contributed by atoms with Crippen molar-refractivity contribution in [2.24, 2.45) is 11.8 Å². The Morgan fingerprint density at radius 2 is 1.66 bits per heavy atom. The van der Waals surface area contributed by atoms with E-state index in [1.165, 1.54) is 18.1 Å². The molecule has 2 heterocycles. The molecule has 3 aromatic carbocycles. The number of carbonyl (C=O) groups excluding carboxylic acids is 2. The van der Waals surface area contributed by atoms with Crippen molar-refractivity contribution in [3.8, 4) is 0 Å². The lowest BCUT2D eigenvalue weighted by atomic mass is 9.85. The van der Waals surface area contributed by atoms with E-state index in [1.807, 2.05) is 0 Å². The molecule has 0 bridgehead atoms. The number of amides is 1. The van der Waals surface area contributed by atoms with Crippen LogP contribution in [0.25, 0.3) is 5.57 Å². The first-order valence-corrected chi connectivity index (χ1v) is 20.4. The Morgan fingerprint density at radius 3 is 2.23 bits per heavy atom. The number of nitrogens with zero attached hydrogens (tertiary/aromatic N) is 1. The average molecular weight is 699 g/mol. The van der Waals surface area contributed by atoms with Crippen LogP contribution in [0.4, 0.5) is 4.39 Å². The van der Waals surface area contributed by atoms with Crippen molar-refractivity contribution in [3.05, 3.63) is 111 Å². The van der Waals surface area contributed by atoms with Crippen molar-refractivity contribution >= 4 is 48.7 Å². The van der Waals surface area contributed by atoms with Crippen LogP contribution in [0.2, 0.25) is 35.7 Å². The minimum atomic E-state index is -1.75. The van der Waals surface area contributed by atoms with Crippen LogP contribution in [0.5, 0.6) is 0 Å². The van der Waals surface area contributed by atoms with E-state index >= 15 is 4.39 Å². The highest BCUT2D eigenvalue weighted by molar-refractivity contribution is 6.76. The van der Waals surface area contributed by atoms with E-state index in [0.717, 1.165) is 24.5 Å². The molecule has 47 heavy (non-hydrogen) atoms. The van der Waals surface area contributed by atoms with Gasteiger partial charge in [0.25, 0.3) is 5.91 Å². The Bertz CT molecular complexity index is 1640. The number of benzene rings is 3. The summed E-state index contributed by atoms with van der Waals surface area (Å²) in [5, 5.41) is 0.959. The van der Waals surface area contributed by atoms with Gasteiger partial charge in [0.2, 0.25) is 0 Å². The summed E-state index contributed by atoms with van der Waals surface area (Å²) in [6, 6.07) is 16.7. The molecule has 2 aliphatic heterocycles. The van der Waals surface area contributed by atoms with Gasteiger partial charge in [-0.1, -0.05) is 73.7 Å². The van der Waals surface area contributed by atoms with Crippen LogP contribution < -0.4 is 0 Å². The molecule has 3 atom stereocenters. The second-order valence-electron chi connectivity index (χ2n) is 13.6. The summed E-state index contributed by atoms with van der Waals surface area (Å²) in [5.41, 5.74) is 0.849. The Labute approximate surface area is 287 Å². The van der Waals surface area contributed by atoms with Crippen LogP contribution in [0, 0.1) is 17.7 Å². The minimum Gasteiger partial charge on any atom is -0.466 e. The van der Waals surface area contributed by atoms with Gasteiger partial charge in [0.1, 0.15) is 5.82 Å². The third kappa shape index (κ3) is 7.08. The number of ether oxygens (including phenoxy) is 3. The number of carbonyl (C=O) groups is 2. The lowest BCUT2D eigenvalue weighted by Gasteiger charge is -2.44. The van der Waals surface area contributed by atoms with Crippen LogP contribution in [0.3, 0.4) is 0 Å². The van der Waals surface area contributed by atoms with Crippen molar-refractivity contribution in [2.45, 2.75) is 57.2 Å². The van der Waals surface area contributed by atoms with Crippen molar-refractivity contribution in [1.82, 2.24) is 4.90 Å². The van der Waals surface area contributed by atoms with E-state index in [0.29, 0.717) is 39.9 Å². The molecule has 0 aromatic heterocycles. The summed E-state index contributed by atoms with van der Waals surface area (Å²) < 4.78 is 34.4. The molecule has 10 heteroatoms. The molecule has 1 saturated heterocycles. The van der Waals surface area contributed by atoms with Crippen molar-refractivity contribution < 1.29 is 28.2 Å². The second-order valence-corrected chi connectivity index (χ2v) is 20.1. The zero-order valence-corrected chi connectivity index (χ0v) is 30.1. The molecule has 0 saturated carbocycles. The van der Waals surface area contributed by atoms with Crippen molar-refractivity contribution in [1.29, 1.82) is 0 Å². The summed E-state index contributed by atoms with van der Waals surface area (Å²) >= 11 is 12.6. The summed E-state index contributed by atoms with van der Waals surface area (Å²) in [4.78, 5) is 30.2. The zero-order valence-electron chi connectivity index (χ0n) is 27.6. The van der Waals surface area contributed by atoms with E-state index in [1.54, 1.807) is 61.5 Å². The predicted molar refractivity (Wildman–Crippen MR) is 187 cm³/mol. The molecule has 1 fully saturated rings. The van der Waals surface area contributed by atoms with Gasteiger partial charge in [0.05, 0.1) is 29.7 Å². The van der Waals surface area contributed by atoms with Gasteiger partial charge in [0, 0.05) is 44.0 Å². The molecule has 250 valence electrons. The normalized spacial score (nSPS) is 19.7. The number of hydrogen-bond donors (Lipinski definition) is 0. The maximum atomic E-state index is 16.8. The van der Waals surface area contributed by atoms with Gasteiger partial charge < -0.3 is 14.2 Å². The number of halogens is 3. The fourth-order valence-corrected chi connectivity index (χ4v) is 7.59. The van der Waals surface area contributed by atoms with Crippen molar-refractivity contribution in [3.63, 3.8) is 0 Å². The first-order valence-electron chi connectivity index (χ1n) is 16.0. The topological polar surface area (TPSA) is 65.1 Å². The molecule has 0 N–H and O–H groups in total. The highest BCUT2D eigenvalue weighted by atomic mass is 35.5. The van der Waals surface area contributed by atoms with Gasteiger partial charge in [-0.3, -0.25) is 14.5 Å². The van der Waals surface area contributed by atoms with Gasteiger partial charge in [0.15, 0.2) is 5.72 Å². The van der Waals surface area contributed by atoms with Gasteiger partial charge in [-0.25, -0.2) is 4.39 Å². The number of fused-ring (bicyclic) bond motifs is 1. The number of methoxy groups -OCH3 is 1. The van der Waals surface area contributed by atoms with Crippen LogP contribution in [-0.4, -0.2) is 51.8 Å².